The van der Waals surface area contributed by atoms with Crippen LogP contribution in [0.1, 0.15) is 20.8 Å². The molecule has 2 rings (SSSR count). The Morgan fingerprint density at radius 1 is 1.24 bits per heavy atom. The van der Waals surface area contributed by atoms with Crippen molar-refractivity contribution in [1.82, 2.24) is 10.2 Å². The first-order valence-corrected chi connectivity index (χ1v) is 7.56. The Labute approximate surface area is 119 Å². The zero-order chi connectivity index (χ0) is 15.6. The number of benzene rings is 1. The maximum atomic E-state index is 11.9. The van der Waals surface area contributed by atoms with Crippen molar-refractivity contribution < 1.29 is 23.1 Å². The van der Waals surface area contributed by atoms with Gasteiger partial charge in [0.25, 0.3) is 5.91 Å². The largest absolute Gasteiger partial charge is 0.477 e. The minimum absolute atomic E-state index is 0.0598. The first kappa shape index (κ1) is 14.7. The van der Waals surface area contributed by atoms with Crippen LogP contribution < -0.4 is 5.32 Å². The molecule has 1 aromatic heterocycles. The normalized spacial score (nSPS) is 11.1. The van der Waals surface area contributed by atoms with Crippen molar-refractivity contribution >= 4 is 27.5 Å². The first-order valence-electron chi connectivity index (χ1n) is 5.67. The van der Waals surface area contributed by atoms with Crippen LogP contribution in [0.25, 0.3) is 0 Å². The van der Waals surface area contributed by atoms with Gasteiger partial charge in [0.2, 0.25) is 0 Å². The lowest BCUT2D eigenvalue weighted by Crippen LogP contribution is -2.12. The number of carbonyl (C=O) groups excluding carboxylic acids is 1. The third kappa shape index (κ3) is 3.45. The highest BCUT2D eigenvalue weighted by molar-refractivity contribution is 7.90. The smallest absolute Gasteiger partial charge is 0.353 e. The van der Waals surface area contributed by atoms with Crippen molar-refractivity contribution in [3.8, 4) is 0 Å². The standard InChI is InChI=1S/C12H11N3O5S/c1-21(19,20)8-4-2-7(3-5-8)11(16)13-10-6-9(12(17)18)14-15-10/h2-6H,1H3,(H,17,18)(H2,13,14,15,16). The molecule has 0 saturated carbocycles. The Kier molecular flexibility index (Phi) is 3.76. The average molecular weight is 309 g/mol. The highest BCUT2D eigenvalue weighted by atomic mass is 32.2. The molecule has 0 unspecified atom stereocenters. The van der Waals surface area contributed by atoms with Crippen molar-refractivity contribution in [2.45, 2.75) is 4.90 Å². The van der Waals surface area contributed by atoms with E-state index in [-0.39, 0.29) is 22.0 Å². The molecule has 1 aromatic carbocycles. The lowest BCUT2D eigenvalue weighted by molar-refractivity contribution is 0.0690. The van der Waals surface area contributed by atoms with Crippen LogP contribution >= 0.6 is 0 Å². The minimum atomic E-state index is -3.32. The fourth-order valence-electron chi connectivity index (χ4n) is 1.54. The molecule has 21 heavy (non-hydrogen) atoms. The quantitative estimate of drug-likeness (QED) is 0.764. The lowest BCUT2D eigenvalue weighted by atomic mass is 10.2. The van der Waals surface area contributed by atoms with Crippen LogP contribution in [0.15, 0.2) is 35.2 Å². The number of H-pyrrole nitrogens is 1. The van der Waals surface area contributed by atoms with E-state index in [0.717, 1.165) is 6.26 Å². The van der Waals surface area contributed by atoms with Gasteiger partial charge in [-0.25, -0.2) is 13.2 Å². The Morgan fingerprint density at radius 3 is 2.33 bits per heavy atom. The fraction of sp³-hybridized carbons (Fsp3) is 0.0833. The monoisotopic (exact) mass is 309 g/mol. The molecule has 0 radical (unpaired) electrons. The summed E-state index contributed by atoms with van der Waals surface area (Å²) in [5.74, 6) is -1.66. The summed E-state index contributed by atoms with van der Waals surface area (Å²) in [6.45, 7) is 0. The molecule has 1 heterocycles. The molecule has 9 heteroatoms. The number of amides is 1. The number of carboxylic acid groups (broad SMARTS) is 1. The molecule has 0 spiro atoms. The third-order valence-corrected chi connectivity index (χ3v) is 3.72. The van der Waals surface area contributed by atoms with Gasteiger partial charge in [-0.15, -0.1) is 0 Å². The number of nitrogens with zero attached hydrogens (tertiary/aromatic N) is 1. The van der Waals surface area contributed by atoms with E-state index in [1.807, 2.05) is 0 Å². The number of carboxylic acids is 1. The van der Waals surface area contributed by atoms with Gasteiger partial charge < -0.3 is 10.4 Å². The van der Waals surface area contributed by atoms with Gasteiger partial charge in [0.15, 0.2) is 15.7 Å². The van der Waals surface area contributed by atoms with Crippen LogP contribution in [0.5, 0.6) is 0 Å². The number of carbonyl (C=O) groups is 2. The summed E-state index contributed by atoms with van der Waals surface area (Å²) in [6, 6.07) is 6.52. The Bertz CT molecular complexity index is 793. The van der Waals surface area contributed by atoms with Crippen LogP contribution in [0.3, 0.4) is 0 Å². The minimum Gasteiger partial charge on any atom is -0.477 e. The molecule has 0 fully saturated rings. The van der Waals surface area contributed by atoms with Gasteiger partial charge in [-0.1, -0.05) is 0 Å². The number of aromatic amines is 1. The highest BCUT2D eigenvalue weighted by Crippen LogP contribution is 2.12. The van der Waals surface area contributed by atoms with Crippen LogP contribution in [-0.4, -0.2) is 41.9 Å². The van der Waals surface area contributed by atoms with E-state index in [9.17, 15) is 18.0 Å². The zero-order valence-electron chi connectivity index (χ0n) is 10.8. The molecule has 1 amide bonds. The predicted octanol–water partition coefficient (Wildman–Crippen LogP) is 0.764. The molecular formula is C12H11N3O5S. The lowest BCUT2D eigenvalue weighted by Gasteiger charge is -2.03. The van der Waals surface area contributed by atoms with Crippen LogP contribution in [0.2, 0.25) is 0 Å². The fourth-order valence-corrected chi connectivity index (χ4v) is 2.17. The molecule has 3 N–H and O–H groups in total. The van der Waals surface area contributed by atoms with Crippen molar-refractivity contribution in [3.63, 3.8) is 0 Å². The van der Waals surface area contributed by atoms with E-state index in [2.05, 4.69) is 15.5 Å². The Morgan fingerprint density at radius 2 is 1.86 bits per heavy atom. The van der Waals surface area contributed by atoms with Crippen molar-refractivity contribution in [2.75, 3.05) is 11.6 Å². The van der Waals surface area contributed by atoms with Gasteiger partial charge in [0, 0.05) is 17.9 Å². The molecule has 110 valence electrons. The number of hydrogen-bond acceptors (Lipinski definition) is 5. The van der Waals surface area contributed by atoms with E-state index >= 15 is 0 Å². The number of rotatable bonds is 4. The Hall–Kier alpha value is -2.68. The van der Waals surface area contributed by atoms with Crippen molar-refractivity contribution in [2.24, 2.45) is 0 Å². The van der Waals surface area contributed by atoms with Crippen molar-refractivity contribution in [3.05, 3.63) is 41.6 Å². The molecule has 0 aliphatic carbocycles. The predicted molar refractivity (Wildman–Crippen MR) is 73.1 cm³/mol. The summed E-state index contributed by atoms with van der Waals surface area (Å²) < 4.78 is 22.6. The molecular weight excluding hydrogens is 298 g/mol. The number of aromatic nitrogens is 2. The summed E-state index contributed by atoms with van der Waals surface area (Å²) in [7, 11) is -3.32. The Balaban J connectivity index is 2.14. The molecule has 8 nitrogen and oxygen atoms in total. The molecule has 0 bridgehead atoms. The molecule has 0 aliphatic rings. The van der Waals surface area contributed by atoms with Gasteiger partial charge in [-0.3, -0.25) is 9.89 Å². The number of anilines is 1. The third-order valence-electron chi connectivity index (χ3n) is 2.59. The second-order valence-electron chi connectivity index (χ2n) is 4.22. The van der Waals surface area contributed by atoms with E-state index < -0.39 is 21.7 Å². The summed E-state index contributed by atoms with van der Waals surface area (Å²) in [6.07, 6.45) is 1.07. The van der Waals surface area contributed by atoms with E-state index in [0.29, 0.717) is 0 Å². The van der Waals surface area contributed by atoms with Gasteiger partial charge >= 0.3 is 5.97 Å². The van der Waals surface area contributed by atoms with Crippen LogP contribution in [0, 0.1) is 0 Å². The number of nitrogens with one attached hydrogen (secondary N) is 2. The van der Waals surface area contributed by atoms with E-state index in [1.54, 1.807) is 0 Å². The topological polar surface area (TPSA) is 129 Å². The van der Waals surface area contributed by atoms with E-state index in [1.165, 1.54) is 30.3 Å². The van der Waals surface area contributed by atoms with Gasteiger partial charge in [-0.05, 0) is 24.3 Å². The molecule has 2 aromatic rings. The van der Waals surface area contributed by atoms with Crippen LogP contribution in [0.4, 0.5) is 5.82 Å². The summed E-state index contributed by atoms with van der Waals surface area (Å²) >= 11 is 0. The van der Waals surface area contributed by atoms with Crippen molar-refractivity contribution in [1.29, 1.82) is 0 Å². The highest BCUT2D eigenvalue weighted by Gasteiger charge is 2.13. The maximum Gasteiger partial charge on any atom is 0.353 e. The zero-order valence-corrected chi connectivity index (χ0v) is 11.6. The summed E-state index contributed by atoms with van der Waals surface area (Å²) in [5, 5.41) is 17.0. The second-order valence-corrected chi connectivity index (χ2v) is 6.24. The maximum absolute atomic E-state index is 11.9. The number of sulfone groups is 1. The number of hydrogen-bond donors (Lipinski definition) is 3. The first-order chi connectivity index (χ1) is 9.77. The second kappa shape index (κ2) is 5.37. The molecule has 0 atom stereocenters. The van der Waals surface area contributed by atoms with Crippen LogP contribution in [-0.2, 0) is 9.84 Å². The molecule has 0 saturated heterocycles. The van der Waals surface area contributed by atoms with Gasteiger partial charge in [0.1, 0.15) is 5.69 Å². The van der Waals surface area contributed by atoms with E-state index in [4.69, 9.17) is 5.11 Å². The molecule has 0 aliphatic heterocycles. The summed E-state index contributed by atoms with van der Waals surface area (Å²) in [4.78, 5) is 22.7. The summed E-state index contributed by atoms with van der Waals surface area (Å²) in [5.41, 5.74) is 0.0694. The number of aromatic carboxylic acids is 1. The van der Waals surface area contributed by atoms with Gasteiger partial charge in [0.05, 0.1) is 4.90 Å². The van der Waals surface area contributed by atoms with Gasteiger partial charge in [-0.2, -0.15) is 5.10 Å². The average Bonchev–Trinajstić information content (AvgIpc) is 2.86. The SMILES string of the molecule is CS(=O)(=O)c1ccc(C(=O)Nc2cc(C(=O)O)[nH]n2)cc1.